The quantitative estimate of drug-likeness (QED) is 0.833. The van der Waals surface area contributed by atoms with Gasteiger partial charge in [-0.15, -0.1) is 0 Å². The van der Waals surface area contributed by atoms with Crippen molar-refractivity contribution >= 4 is 5.91 Å². The second-order valence-corrected chi connectivity index (χ2v) is 6.26. The van der Waals surface area contributed by atoms with Gasteiger partial charge in [0.15, 0.2) is 11.6 Å². The average molecular weight is 279 g/mol. The van der Waals surface area contributed by atoms with Crippen molar-refractivity contribution in [1.82, 2.24) is 5.32 Å². The third-order valence-electron chi connectivity index (χ3n) is 3.65. The van der Waals surface area contributed by atoms with Crippen molar-refractivity contribution < 1.29 is 13.6 Å². The van der Waals surface area contributed by atoms with Crippen molar-refractivity contribution in [2.45, 2.75) is 44.9 Å². The summed E-state index contributed by atoms with van der Waals surface area (Å²) >= 11 is 0. The first-order chi connectivity index (χ1) is 9.21. The second kappa shape index (κ2) is 5.00. The van der Waals surface area contributed by atoms with Crippen LogP contribution in [0.4, 0.5) is 8.78 Å². The number of nitrogens with one attached hydrogen (secondary N) is 1. The van der Waals surface area contributed by atoms with Gasteiger partial charge in [0, 0.05) is 11.3 Å². The largest absolute Gasteiger partial charge is 0.330 e. The zero-order chi connectivity index (χ0) is 15.1. The number of benzene rings is 1. The number of allylic oxidation sites excluding steroid dienone is 1. The van der Waals surface area contributed by atoms with Gasteiger partial charge in [0.25, 0.3) is 0 Å². The fourth-order valence-corrected chi connectivity index (χ4v) is 2.48. The van der Waals surface area contributed by atoms with Crippen LogP contribution in [-0.4, -0.2) is 5.91 Å². The molecule has 1 aliphatic rings. The number of carbonyl (C=O) groups excluding carboxylic acids is 1. The van der Waals surface area contributed by atoms with Crippen LogP contribution in [0.2, 0.25) is 0 Å². The summed E-state index contributed by atoms with van der Waals surface area (Å²) in [6, 6.07) is 3.10. The Kier molecular flexibility index (Phi) is 3.67. The monoisotopic (exact) mass is 279 g/mol. The van der Waals surface area contributed by atoms with Gasteiger partial charge in [0.1, 0.15) is 0 Å². The molecule has 0 aromatic heterocycles. The Bertz CT molecular complexity index is 573. The van der Waals surface area contributed by atoms with E-state index in [1.807, 2.05) is 20.8 Å². The molecule has 1 fully saturated rings. The van der Waals surface area contributed by atoms with Crippen LogP contribution in [0.15, 0.2) is 24.4 Å². The first-order valence-corrected chi connectivity index (χ1v) is 6.69. The van der Waals surface area contributed by atoms with E-state index in [-0.39, 0.29) is 11.5 Å². The summed E-state index contributed by atoms with van der Waals surface area (Å²) in [4.78, 5) is 11.9. The van der Waals surface area contributed by atoms with E-state index in [1.165, 1.54) is 6.07 Å². The molecule has 2 nitrogen and oxygen atoms in total. The van der Waals surface area contributed by atoms with Crippen LogP contribution in [0.3, 0.4) is 0 Å². The number of piperidine rings is 1. The lowest BCUT2D eigenvalue weighted by Crippen LogP contribution is -2.34. The van der Waals surface area contributed by atoms with Gasteiger partial charge in [-0.2, -0.15) is 0 Å². The minimum Gasteiger partial charge on any atom is -0.330 e. The van der Waals surface area contributed by atoms with Crippen molar-refractivity contribution in [3.63, 3.8) is 0 Å². The van der Waals surface area contributed by atoms with Gasteiger partial charge in [-0.05, 0) is 23.8 Å². The first-order valence-electron chi connectivity index (χ1n) is 6.69. The predicted octanol–water partition coefficient (Wildman–Crippen LogP) is 3.77. The van der Waals surface area contributed by atoms with Crippen LogP contribution in [0.25, 0.3) is 0 Å². The van der Waals surface area contributed by atoms with Gasteiger partial charge in [-0.25, -0.2) is 8.78 Å². The lowest BCUT2D eigenvalue weighted by molar-refractivity contribution is -0.122. The molecule has 0 radical (unpaired) electrons. The molecule has 2 rings (SSSR count). The molecule has 1 heterocycles. The molecule has 20 heavy (non-hydrogen) atoms. The number of amides is 1. The van der Waals surface area contributed by atoms with Crippen LogP contribution in [-0.2, 0) is 10.2 Å². The van der Waals surface area contributed by atoms with E-state index in [2.05, 4.69) is 11.9 Å². The summed E-state index contributed by atoms with van der Waals surface area (Å²) in [5.41, 5.74) is 0.588. The minimum atomic E-state index is -0.912. The maximum absolute atomic E-state index is 14.3. The molecule has 0 bridgehead atoms. The smallest absolute Gasteiger partial charge is 0.231 e. The van der Waals surface area contributed by atoms with Crippen molar-refractivity contribution in [2.75, 3.05) is 0 Å². The van der Waals surface area contributed by atoms with Crippen LogP contribution in [0.1, 0.15) is 50.7 Å². The molecule has 4 heteroatoms. The van der Waals surface area contributed by atoms with E-state index in [4.69, 9.17) is 0 Å². The number of carbonyl (C=O) groups is 1. The summed E-state index contributed by atoms with van der Waals surface area (Å²) in [5.74, 6) is -2.73. The SMILES string of the molecule is C=C1CCC(c2ccc(C(C)(C)C)c(F)c2F)C(=O)N1. The molecule has 0 aliphatic carbocycles. The standard InChI is InChI=1S/C16H19F2NO/c1-9-5-6-11(15(20)19-9)10-7-8-12(16(2,3)4)14(18)13(10)17/h7-8,11H,1,5-6H2,2-4H3,(H,19,20). The Morgan fingerprint density at radius 3 is 2.45 bits per heavy atom. The molecule has 0 saturated carbocycles. The number of hydrogen-bond donors (Lipinski definition) is 1. The van der Waals surface area contributed by atoms with Gasteiger partial charge in [0.2, 0.25) is 5.91 Å². The third kappa shape index (κ3) is 2.60. The summed E-state index contributed by atoms with van der Waals surface area (Å²) in [6.45, 7) is 9.14. The topological polar surface area (TPSA) is 29.1 Å². The average Bonchev–Trinajstić information content (AvgIpc) is 2.32. The molecular weight excluding hydrogens is 260 g/mol. The normalized spacial score (nSPS) is 19.9. The molecule has 1 saturated heterocycles. The summed E-state index contributed by atoms with van der Waals surface area (Å²) < 4.78 is 28.5. The van der Waals surface area contributed by atoms with Gasteiger partial charge >= 0.3 is 0 Å². The zero-order valence-electron chi connectivity index (χ0n) is 12.0. The first kappa shape index (κ1) is 14.7. The molecule has 1 unspecified atom stereocenters. The predicted molar refractivity (Wildman–Crippen MR) is 74.3 cm³/mol. The Morgan fingerprint density at radius 1 is 1.25 bits per heavy atom. The van der Waals surface area contributed by atoms with Gasteiger partial charge in [-0.3, -0.25) is 4.79 Å². The van der Waals surface area contributed by atoms with E-state index < -0.39 is 23.0 Å². The van der Waals surface area contributed by atoms with Crippen molar-refractivity contribution in [3.8, 4) is 0 Å². The van der Waals surface area contributed by atoms with Gasteiger partial charge in [-0.1, -0.05) is 39.5 Å². The summed E-state index contributed by atoms with van der Waals surface area (Å²) in [7, 11) is 0. The van der Waals surface area contributed by atoms with Crippen LogP contribution in [0, 0.1) is 11.6 Å². The second-order valence-electron chi connectivity index (χ2n) is 6.26. The van der Waals surface area contributed by atoms with Crippen LogP contribution in [0.5, 0.6) is 0 Å². The number of halogens is 2. The molecule has 1 amide bonds. The summed E-state index contributed by atoms with van der Waals surface area (Å²) in [5, 5.41) is 2.60. The Labute approximate surface area is 117 Å². The van der Waals surface area contributed by atoms with Crippen molar-refractivity contribution in [3.05, 3.63) is 47.2 Å². The zero-order valence-corrected chi connectivity index (χ0v) is 12.0. The highest BCUT2D eigenvalue weighted by atomic mass is 19.2. The molecule has 1 aromatic carbocycles. The number of hydrogen-bond acceptors (Lipinski definition) is 1. The van der Waals surface area contributed by atoms with E-state index in [0.717, 1.165) is 0 Å². The fraction of sp³-hybridized carbons (Fsp3) is 0.438. The third-order valence-corrected chi connectivity index (χ3v) is 3.65. The Balaban J connectivity index is 2.42. The lowest BCUT2D eigenvalue weighted by atomic mass is 9.83. The highest BCUT2D eigenvalue weighted by molar-refractivity contribution is 5.86. The van der Waals surface area contributed by atoms with E-state index in [9.17, 15) is 13.6 Å². The number of rotatable bonds is 1. The van der Waals surface area contributed by atoms with Crippen LogP contribution < -0.4 is 5.32 Å². The fourth-order valence-electron chi connectivity index (χ4n) is 2.48. The molecule has 108 valence electrons. The minimum absolute atomic E-state index is 0.125. The maximum Gasteiger partial charge on any atom is 0.231 e. The van der Waals surface area contributed by atoms with Crippen LogP contribution >= 0.6 is 0 Å². The Hall–Kier alpha value is -1.71. The summed E-state index contributed by atoms with van der Waals surface area (Å²) in [6.07, 6.45) is 1.04. The van der Waals surface area contributed by atoms with Crippen molar-refractivity contribution in [2.24, 2.45) is 0 Å². The van der Waals surface area contributed by atoms with Gasteiger partial charge < -0.3 is 5.32 Å². The molecular formula is C16H19F2NO. The van der Waals surface area contributed by atoms with E-state index in [0.29, 0.717) is 24.1 Å². The highest BCUT2D eigenvalue weighted by Gasteiger charge is 2.31. The van der Waals surface area contributed by atoms with E-state index >= 15 is 0 Å². The molecule has 0 spiro atoms. The molecule has 1 aromatic rings. The highest BCUT2D eigenvalue weighted by Crippen LogP contribution is 2.34. The maximum atomic E-state index is 14.3. The lowest BCUT2D eigenvalue weighted by Gasteiger charge is -2.26. The molecule has 1 atom stereocenters. The Morgan fingerprint density at radius 2 is 1.90 bits per heavy atom. The van der Waals surface area contributed by atoms with Crippen molar-refractivity contribution in [1.29, 1.82) is 0 Å². The molecule has 1 N–H and O–H groups in total. The van der Waals surface area contributed by atoms with Gasteiger partial charge in [0.05, 0.1) is 5.92 Å². The molecule has 1 aliphatic heterocycles. The van der Waals surface area contributed by atoms with E-state index in [1.54, 1.807) is 6.07 Å².